The average Bonchev–Trinajstić information content (AvgIpc) is 3.23. The van der Waals surface area contributed by atoms with Gasteiger partial charge in [-0.15, -0.1) is 0 Å². The second kappa shape index (κ2) is 6.23. The van der Waals surface area contributed by atoms with E-state index >= 15 is 0 Å². The fourth-order valence-electron chi connectivity index (χ4n) is 3.98. The van der Waals surface area contributed by atoms with Gasteiger partial charge in [-0.1, -0.05) is 0 Å². The third kappa shape index (κ3) is 2.75. The number of aromatic nitrogens is 1. The summed E-state index contributed by atoms with van der Waals surface area (Å²) in [5, 5.41) is 0. The number of carbonyl (C=O) groups is 1. The van der Waals surface area contributed by atoms with E-state index < -0.39 is 0 Å². The average molecular weight is 326 g/mol. The second-order valence-electron chi connectivity index (χ2n) is 6.51. The molecule has 3 atom stereocenters. The van der Waals surface area contributed by atoms with Gasteiger partial charge in [0.15, 0.2) is 0 Å². The third-order valence-electron chi connectivity index (χ3n) is 5.12. The first-order valence-corrected chi connectivity index (χ1v) is 8.33. The van der Waals surface area contributed by atoms with Crippen LogP contribution in [-0.4, -0.2) is 34.5 Å². The number of carbonyl (C=O) groups excluding carboxylic acids is 1. The predicted molar refractivity (Wildman–Crippen MR) is 87.2 cm³/mol. The minimum Gasteiger partial charge on any atom is -0.491 e. The van der Waals surface area contributed by atoms with Gasteiger partial charge in [0.25, 0.3) is 5.91 Å². The molecule has 1 aromatic heterocycles. The first-order chi connectivity index (χ1) is 11.7. The van der Waals surface area contributed by atoms with Crippen LogP contribution >= 0.6 is 0 Å². The van der Waals surface area contributed by atoms with E-state index in [1.165, 1.54) is 12.1 Å². The Morgan fingerprint density at radius 1 is 1.25 bits per heavy atom. The molecule has 2 aromatic rings. The van der Waals surface area contributed by atoms with Crippen molar-refractivity contribution in [1.29, 1.82) is 0 Å². The number of halogens is 1. The number of piperidine rings is 1. The molecule has 0 N–H and O–H groups in total. The molecule has 2 bridgehead atoms. The van der Waals surface area contributed by atoms with Gasteiger partial charge in [-0.25, -0.2) is 4.39 Å². The number of pyridine rings is 1. The first kappa shape index (κ1) is 15.1. The summed E-state index contributed by atoms with van der Waals surface area (Å²) in [4.78, 5) is 18.9. The summed E-state index contributed by atoms with van der Waals surface area (Å²) in [6, 6.07) is 9.96. The Morgan fingerprint density at radius 2 is 2.08 bits per heavy atom. The zero-order valence-corrected chi connectivity index (χ0v) is 13.3. The summed E-state index contributed by atoms with van der Waals surface area (Å²) in [7, 11) is 0. The van der Waals surface area contributed by atoms with Crippen molar-refractivity contribution in [2.75, 3.05) is 6.61 Å². The summed E-state index contributed by atoms with van der Waals surface area (Å²) >= 11 is 0. The maximum Gasteiger partial charge on any atom is 0.256 e. The standard InChI is InChI=1S/C19H19FN2O2/c20-15-4-7-17(8-5-15)24-12-18-13-3-6-16(10-13)22(18)19(23)14-2-1-9-21-11-14/h1-2,4-5,7-9,11,13,16,18H,3,6,10,12H2/t13-,16-,18+/m0/s1. The molecule has 1 saturated carbocycles. The van der Waals surface area contributed by atoms with Gasteiger partial charge >= 0.3 is 0 Å². The largest absolute Gasteiger partial charge is 0.491 e. The number of rotatable bonds is 4. The van der Waals surface area contributed by atoms with E-state index in [4.69, 9.17) is 4.74 Å². The molecule has 1 aliphatic heterocycles. The van der Waals surface area contributed by atoms with Gasteiger partial charge in [-0.05, 0) is 61.6 Å². The lowest BCUT2D eigenvalue weighted by Crippen LogP contribution is -2.47. The van der Waals surface area contributed by atoms with Gasteiger partial charge in [-0.3, -0.25) is 9.78 Å². The van der Waals surface area contributed by atoms with Crippen molar-refractivity contribution in [1.82, 2.24) is 9.88 Å². The van der Waals surface area contributed by atoms with E-state index in [2.05, 4.69) is 4.98 Å². The molecular weight excluding hydrogens is 307 g/mol. The van der Waals surface area contributed by atoms with Crippen LogP contribution in [0.25, 0.3) is 0 Å². The van der Waals surface area contributed by atoms with Crippen LogP contribution in [-0.2, 0) is 0 Å². The Kier molecular flexibility index (Phi) is 3.92. The van der Waals surface area contributed by atoms with Crippen molar-refractivity contribution in [3.63, 3.8) is 0 Å². The Bertz CT molecular complexity index is 720. The highest BCUT2D eigenvalue weighted by Gasteiger charge is 2.48. The Hall–Kier alpha value is -2.43. The molecule has 0 unspecified atom stereocenters. The molecular formula is C19H19FN2O2. The Labute approximate surface area is 140 Å². The number of hydrogen-bond donors (Lipinski definition) is 0. The van der Waals surface area contributed by atoms with Gasteiger partial charge in [0, 0.05) is 18.4 Å². The van der Waals surface area contributed by atoms with Gasteiger partial charge < -0.3 is 9.64 Å². The van der Waals surface area contributed by atoms with E-state index in [1.54, 1.807) is 36.7 Å². The van der Waals surface area contributed by atoms with Crippen molar-refractivity contribution in [2.24, 2.45) is 5.92 Å². The number of likely N-dealkylation sites (tertiary alicyclic amines) is 1. The topological polar surface area (TPSA) is 42.4 Å². The summed E-state index contributed by atoms with van der Waals surface area (Å²) < 4.78 is 18.8. The molecule has 1 saturated heterocycles. The van der Waals surface area contributed by atoms with Crippen LogP contribution in [0.2, 0.25) is 0 Å². The minimum atomic E-state index is -0.282. The maximum atomic E-state index is 13.0. The molecule has 2 aliphatic rings. The number of benzene rings is 1. The molecule has 0 radical (unpaired) electrons. The summed E-state index contributed by atoms with van der Waals surface area (Å²) in [5.41, 5.74) is 0.622. The van der Waals surface area contributed by atoms with Crippen LogP contribution in [0.5, 0.6) is 5.75 Å². The van der Waals surface area contributed by atoms with Crippen LogP contribution in [0.1, 0.15) is 29.6 Å². The van der Waals surface area contributed by atoms with E-state index in [0.717, 1.165) is 19.3 Å². The molecule has 1 amide bonds. The van der Waals surface area contributed by atoms with Crippen LogP contribution in [0.3, 0.4) is 0 Å². The van der Waals surface area contributed by atoms with Gasteiger partial charge in [0.05, 0.1) is 11.6 Å². The Balaban J connectivity index is 1.50. The fraction of sp³-hybridized carbons (Fsp3) is 0.368. The molecule has 2 heterocycles. The monoisotopic (exact) mass is 326 g/mol. The molecule has 4 nitrogen and oxygen atoms in total. The number of ether oxygens (including phenoxy) is 1. The normalized spacial score (nSPS) is 25.0. The summed E-state index contributed by atoms with van der Waals surface area (Å²) in [6.45, 7) is 0.443. The predicted octanol–water partition coefficient (Wildman–Crippen LogP) is 3.29. The van der Waals surface area contributed by atoms with Gasteiger partial charge in [-0.2, -0.15) is 0 Å². The molecule has 24 heavy (non-hydrogen) atoms. The van der Waals surface area contributed by atoms with E-state index in [0.29, 0.717) is 29.9 Å². The van der Waals surface area contributed by atoms with Gasteiger partial charge in [0.2, 0.25) is 0 Å². The van der Waals surface area contributed by atoms with E-state index in [-0.39, 0.29) is 17.8 Å². The lowest BCUT2D eigenvalue weighted by Gasteiger charge is -2.35. The molecule has 1 aromatic carbocycles. The number of hydrogen-bond acceptors (Lipinski definition) is 3. The highest BCUT2D eigenvalue weighted by molar-refractivity contribution is 5.94. The summed E-state index contributed by atoms with van der Waals surface area (Å²) in [5.74, 6) is 0.864. The maximum absolute atomic E-state index is 13.0. The van der Waals surface area contributed by atoms with Gasteiger partial charge in [0.1, 0.15) is 18.2 Å². The third-order valence-corrected chi connectivity index (χ3v) is 5.12. The lowest BCUT2D eigenvalue weighted by atomic mass is 9.99. The zero-order chi connectivity index (χ0) is 16.5. The molecule has 2 fully saturated rings. The molecule has 4 rings (SSSR count). The van der Waals surface area contributed by atoms with Crippen molar-refractivity contribution >= 4 is 5.91 Å². The second-order valence-corrected chi connectivity index (χ2v) is 6.51. The van der Waals surface area contributed by atoms with Crippen molar-refractivity contribution < 1.29 is 13.9 Å². The fourth-order valence-corrected chi connectivity index (χ4v) is 3.98. The number of fused-ring (bicyclic) bond motifs is 2. The highest BCUT2D eigenvalue weighted by atomic mass is 19.1. The molecule has 0 spiro atoms. The SMILES string of the molecule is O=C(c1cccnc1)N1[C@H]2CC[C@@H](C2)[C@H]1COc1ccc(F)cc1. The number of amides is 1. The number of nitrogens with zero attached hydrogens (tertiary/aromatic N) is 2. The lowest BCUT2D eigenvalue weighted by molar-refractivity contribution is 0.0505. The minimum absolute atomic E-state index is 0.0306. The quantitative estimate of drug-likeness (QED) is 0.866. The van der Waals surface area contributed by atoms with Crippen LogP contribution < -0.4 is 4.74 Å². The van der Waals surface area contributed by atoms with Crippen molar-refractivity contribution in [3.8, 4) is 5.75 Å². The smallest absolute Gasteiger partial charge is 0.256 e. The van der Waals surface area contributed by atoms with Crippen LogP contribution in [0.15, 0.2) is 48.8 Å². The molecule has 1 aliphatic carbocycles. The van der Waals surface area contributed by atoms with E-state index in [1.807, 2.05) is 4.90 Å². The molecule has 5 heteroatoms. The summed E-state index contributed by atoms with van der Waals surface area (Å²) in [6.07, 6.45) is 6.53. The van der Waals surface area contributed by atoms with Crippen LogP contribution in [0, 0.1) is 11.7 Å². The zero-order valence-electron chi connectivity index (χ0n) is 13.3. The Morgan fingerprint density at radius 3 is 2.83 bits per heavy atom. The first-order valence-electron chi connectivity index (χ1n) is 8.33. The van der Waals surface area contributed by atoms with Crippen molar-refractivity contribution in [3.05, 3.63) is 60.2 Å². The molecule has 124 valence electrons. The van der Waals surface area contributed by atoms with Crippen LogP contribution in [0.4, 0.5) is 4.39 Å². The highest BCUT2D eigenvalue weighted by Crippen LogP contribution is 2.43. The van der Waals surface area contributed by atoms with E-state index in [9.17, 15) is 9.18 Å². The van der Waals surface area contributed by atoms with Crippen molar-refractivity contribution in [2.45, 2.75) is 31.3 Å².